The number of hydrogen-bond donors (Lipinski definition) is 2. The van der Waals surface area contributed by atoms with Crippen molar-refractivity contribution in [1.29, 1.82) is 0 Å². The summed E-state index contributed by atoms with van der Waals surface area (Å²) in [5.74, 6) is -1.88. The van der Waals surface area contributed by atoms with Crippen molar-refractivity contribution in [3.8, 4) is 5.75 Å². The van der Waals surface area contributed by atoms with Gasteiger partial charge in [-0.2, -0.15) is 0 Å². The number of hydrogen-bond acceptors (Lipinski definition) is 5. The fourth-order valence-corrected chi connectivity index (χ4v) is 1.24. The molecule has 0 spiro atoms. The molecule has 1 amide bonds. The maximum absolute atomic E-state index is 11.3. The quantitative estimate of drug-likeness (QED) is 0.460. The van der Waals surface area contributed by atoms with E-state index in [1.54, 1.807) is 0 Å². The van der Waals surface area contributed by atoms with E-state index in [1.165, 1.54) is 19.2 Å². The molecule has 0 aliphatic rings. The summed E-state index contributed by atoms with van der Waals surface area (Å²) in [6.07, 6.45) is -0.730. The average molecular weight is 254 g/mol. The molecule has 1 aromatic rings. The van der Waals surface area contributed by atoms with Crippen LogP contribution in [0.3, 0.4) is 0 Å². The Kier molecular flexibility index (Phi) is 4.19. The molecule has 96 valence electrons. The number of aliphatic carboxylic acids is 1. The van der Waals surface area contributed by atoms with Crippen LogP contribution in [0.2, 0.25) is 0 Å². The fraction of sp³-hybridized carbons (Fsp3) is 0.200. The predicted molar refractivity (Wildman–Crippen MR) is 60.5 cm³/mol. The van der Waals surface area contributed by atoms with Gasteiger partial charge < -0.3 is 15.2 Å². The smallest absolute Gasteiger partial charge is 0.312 e. The van der Waals surface area contributed by atoms with Crippen LogP contribution in [0, 0.1) is 10.1 Å². The Hall–Kier alpha value is -2.64. The molecule has 2 N–H and O–H groups in total. The summed E-state index contributed by atoms with van der Waals surface area (Å²) in [6, 6.07) is 3.62. The molecule has 8 heteroatoms. The number of amides is 1. The van der Waals surface area contributed by atoms with E-state index in [0.29, 0.717) is 0 Å². The normalized spacial score (nSPS) is 9.61. The number of nitrogens with zero attached hydrogens (tertiary/aromatic N) is 1. The minimum Gasteiger partial charge on any atom is -0.495 e. The summed E-state index contributed by atoms with van der Waals surface area (Å²) < 4.78 is 4.90. The van der Waals surface area contributed by atoms with Crippen LogP contribution in [-0.4, -0.2) is 29.0 Å². The van der Waals surface area contributed by atoms with Gasteiger partial charge in [0.25, 0.3) is 5.69 Å². The number of nitro benzene ring substituents is 1. The highest BCUT2D eigenvalue weighted by Gasteiger charge is 2.15. The molecule has 18 heavy (non-hydrogen) atoms. The number of carbonyl (C=O) groups is 2. The number of carboxylic acids is 1. The number of nitro groups is 1. The number of methoxy groups -OCH3 is 1. The van der Waals surface area contributed by atoms with Gasteiger partial charge in [0.05, 0.1) is 17.7 Å². The van der Waals surface area contributed by atoms with Crippen molar-refractivity contribution in [2.24, 2.45) is 0 Å². The number of carbonyl (C=O) groups excluding carboxylic acids is 1. The molecule has 0 radical (unpaired) electrons. The Bertz CT molecular complexity index is 499. The standard InChI is InChI=1S/C10H10N2O6/c1-18-8-3-2-6(12(16)17)4-7(8)11-9(13)5-10(14)15/h2-4H,5H2,1H3,(H,11,13)(H,14,15). The molecule has 0 bridgehead atoms. The second kappa shape index (κ2) is 5.62. The van der Waals surface area contributed by atoms with Gasteiger partial charge in [-0.3, -0.25) is 19.7 Å². The first-order valence-corrected chi connectivity index (χ1v) is 4.78. The van der Waals surface area contributed by atoms with E-state index in [4.69, 9.17) is 9.84 Å². The lowest BCUT2D eigenvalue weighted by Gasteiger charge is -2.08. The molecule has 0 aliphatic carbocycles. The number of benzene rings is 1. The van der Waals surface area contributed by atoms with E-state index in [-0.39, 0.29) is 17.1 Å². The van der Waals surface area contributed by atoms with Crippen molar-refractivity contribution < 1.29 is 24.4 Å². The van der Waals surface area contributed by atoms with E-state index in [1.807, 2.05) is 0 Å². The molecule has 0 unspecified atom stereocenters. The monoisotopic (exact) mass is 254 g/mol. The van der Waals surface area contributed by atoms with Crippen LogP contribution in [0.1, 0.15) is 6.42 Å². The molecular weight excluding hydrogens is 244 g/mol. The van der Waals surface area contributed by atoms with Gasteiger partial charge >= 0.3 is 5.97 Å². The van der Waals surface area contributed by atoms with Crippen molar-refractivity contribution in [2.75, 3.05) is 12.4 Å². The zero-order chi connectivity index (χ0) is 13.7. The third kappa shape index (κ3) is 3.44. The summed E-state index contributed by atoms with van der Waals surface area (Å²) >= 11 is 0. The highest BCUT2D eigenvalue weighted by atomic mass is 16.6. The lowest BCUT2D eigenvalue weighted by molar-refractivity contribution is -0.384. The summed E-state index contributed by atoms with van der Waals surface area (Å²) in [4.78, 5) is 31.5. The minimum atomic E-state index is -1.29. The largest absolute Gasteiger partial charge is 0.495 e. The third-order valence-electron chi connectivity index (χ3n) is 1.98. The SMILES string of the molecule is COc1ccc([N+](=O)[O-])cc1NC(=O)CC(=O)O. The summed E-state index contributed by atoms with van der Waals surface area (Å²) in [5.41, 5.74) is -0.181. The van der Waals surface area contributed by atoms with Crippen molar-refractivity contribution >= 4 is 23.3 Å². The zero-order valence-electron chi connectivity index (χ0n) is 9.37. The number of carboxylic acid groups (broad SMARTS) is 1. The van der Waals surface area contributed by atoms with E-state index < -0.39 is 23.2 Å². The van der Waals surface area contributed by atoms with E-state index in [9.17, 15) is 19.7 Å². The van der Waals surface area contributed by atoms with Gasteiger partial charge in [-0.05, 0) is 6.07 Å². The van der Waals surface area contributed by atoms with Crippen LogP contribution in [0.4, 0.5) is 11.4 Å². The van der Waals surface area contributed by atoms with Crippen LogP contribution >= 0.6 is 0 Å². The highest BCUT2D eigenvalue weighted by molar-refractivity contribution is 6.02. The Morgan fingerprint density at radius 3 is 2.67 bits per heavy atom. The lowest BCUT2D eigenvalue weighted by Crippen LogP contribution is -2.16. The second-order valence-corrected chi connectivity index (χ2v) is 3.26. The van der Waals surface area contributed by atoms with Gasteiger partial charge in [0.15, 0.2) is 0 Å². The van der Waals surface area contributed by atoms with Crippen molar-refractivity contribution in [3.63, 3.8) is 0 Å². The highest BCUT2D eigenvalue weighted by Crippen LogP contribution is 2.28. The maximum atomic E-state index is 11.3. The van der Waals surface area contributed by atoms with Crippen LogP contribution < -0.4 is 10.1 Å². The molecular formula is C10H10N2O6. The van der Waals surface area contributed by atoms with Crippen molar-refractivity contribution in [2.45, 2.75) is 6.42 Å². The van der Waals surface area contributed by atoms with Crippen LogP contribution in [0.5, 0.6) is 5.75 Å². The van der Waals surface area contributed by atoms with Gasteiger partial charge in [0.1, 0.15) is 12.2 Å². The number of nitrogens with one attached hydrogen (secondary N) is 1. The fourth-order valence-electron chi connectivity index (χ4n) is 1.24. The van der Waals surface area contributed by atoms with Crippen LogP contribution in [0.15, 0.2) is 18.2 Å². The molecule has 0 saturated carbocycles. The Labute approximate surface area is 101 Å². The summed E-state index contributed by atoms with van der Waals surface area (Å²) in [5, 5.41) is 21.2. The molecule has 0 fully saturated rings. The van der Waals surface area contributed by atoms with Gasteiger partial charge in [0, 0.05) is 12.1 Å². The topological polar surface area (TPSA) is 119 Å². The van der Waals surface area contributed by atoms with Crippen LogP contribution in [0.25, 0.3) is 0 Å². The predicted octanol–water partition coefficient (Wildman–Crippen LogP) is 1.02. The minimum absolute atomic E-state index is 0.0537. The summed E-state index contributed by atoms with van der Waals surface area (Å²) in [6.45, 7) is 0. The molecule has 0 aliphatic heterocycles. The first-order valence-electron chi connectivity index (χ1n) is 4.78. The molecule has 8 nitrogen and oxygen atoms in total. The molecule has 0 heterocycles. The number of ether oxygens (including phenoxy) is 1. The zero-order valence-corrected chi connectivity index (χ0v) is 9.37. The number of anilines is 1. The first-order chi connectivity index (χ1) is 8.43. The van der Waals surface area contributed by atoms with Gasteiger partial charge in [-0.15, -0.1) is 0 Å². The van der Waals surface area contributed by atoms with Gasteiger partial charge in [-0.1, -0.05) is 0 Å². The van der Waals surface area contributed by atoms with E-state index in [0.717, 1.165) is 6.07 Å². The number of non-ortho nitro benzene ring substituents is 1. The Morgan fingerprint density at radius 2 is 2.17 bits per heavy atom. The van der Waals surface area contributed by atoms with Gasteiger partial charge in [0.2, 0.25) is 5.91 Å². The Balaban J connectivity index is 2.97. The van der Waals surface area contributed by atoms with E-state index in [2.05, 4.69) is 5.32 Å². The van der Waals surface area contributed by atoms with E-state index >= 15 is 0 Å². The summed E-state index contributed by atoms with van der Waals surface area (Å²) in [7, 11) is 1.33. The first kappa shape index (κ1) is 13.4. The number of rotatable bonds is 5. The molecule has 0 atom stereocenters. The third-order valence-corrected chi connectivity index (χ3v) is 1.98. The molecule has 1 rings (SSSR count). The molecule has 1 aromatic carbocycles. The lowest BCUT2D eigenvalue weighted by atomic mass is 10.2. The second-order valence-electron chi connectivity index (χ2n) is 3.26. The van der Waals surface area contributed by atoms with Crippen LogP contribution in [-0.2, 0) is 9.59 Å². The van der Waals surface area contributed by atoms with Crippen molar-refractivity contribution in [1.82, 2.24) is 0 Å². The van der Waals surface area contributed by atoms with Gasteiger partial charge in [-0.25, -0.2) is 0 Å². The Morgan fingerprint density at radius 1 is 1.50 bits per heavy atom. The average Bonchev–Trinajstić information content (AvgIpc) is 2.27. The molecule has 0 aromatic heterocycles. The van der Waals surface area contributed by atoms with Crippen molar-refractivity contribution in [3.05, 3.63) is 28.3 Å². The molecule has 0 saturated heterocycles. The maximum Gasteiger partial charge on any atom is 0.312 e.